The number of nitrogens with zero attached hydrogens (tertiary/aromatic N) is 3. The Balaban J connectivity index is 1.21. The lowest BCUT2D eigenvalue weighted by atomic mass is 9.89. The van der Waals surface area contributed by atoms with Crippen molar-refractivity contribution >= 4 is 29.2 Å². The highest BCUT2D eigenvalue weighted by atomic mass is 16.4. The minimum atomic E-state index is -0.974. The van der Waals surface area contributed by atoms with Crippen LogP contribution >= 0.6 is 0 Å². The molecular weight excluding hydrogens is 510 g/mol. The van der Waals surface area contributed by atoms with Gasteiger partial charge in [0.15, 0.2) is 5.65 Å². The summed E-state index contributed by atoms with van der Waals surface area (Å²) < 4.78 is 1.39. The van der Waals surface area contributed by atoms with Crippen LogP contribution in [-0.4, -0.2) is 43.3 Å². The summed E-state index contributed by atoms with van der Waals surface area (Å²) in [5.74, 6) is -1.60. The number of carbonyl (C=O) groups is 4. The van der Waals surface area contributed by atoms with Crippen LogP contribution in [0.2, 0.25) is 0 Å². The van der Waals surface area contributed by atoms with Crippen LogP contribution in [0.25, 0.3) is 5.65 Å². The number of aryl methyl sites for hydroxylation is 1. The summed E-state index contributed by atoms with van der Waals surface area (Å²) in [4.78, 5) is 54.3. The van der Waals surface area contributed by atoms with E-state index in [1.807, 2.05) is 18.2 Å². The zero-order valence-corrected chi connectivity index (χ0v) is 21.9. The van der Waals surface area contributed by atoms with Crippen molar-refractivity contribution in [1.29, 1.82) is 0 Å². The zero-order chi connectivity index (χ0) is 28.0. The number of hydrogen-bond acceptors (Lipinski definition) is 6. The van der Waals surface area contributed by atoms with E-state index in [0.717, 1.165) is 28.7 Å². The summed E-state index contributed by atoms with van der Waals surface area (Å²) in [6.45, 7) is 2.04. The van der Waals surface area contributed by atoms with Gasteiger partial charge in [0.2, 0.25) is 0 Å². The van der Waals surface area contributed by atoms with Crippen molar-refractivity contribution in [2.24, 2.45) is 0 Å². The van der Waals surface area contributed by atoms with Gasteiger partial charge >= 0.3 is 5.97 Å². The minimum Gasteiger partial charge on any atom is -0.478 e. The number of aromatic carboxylic acids is 1. The lowest BCUT2D eigenvalue weighted by Crippen LogP contribution is -2.30. The molecule has 0 unspecified atom stereocenters. The Hall–Kier alpha value is -4.86. The topological polar surface area (TPSA) is 143 Å². The molecular formula is C30H27N5O5. The van der Waals surface area contributed by atoms with Crippen LogP contribution < -0.4 is 10.6 Å². The Kier molecular flexibility index (Phi) is 6.37. The maximum absolute atomic E-state index is 13.4. The molecule has 4 aromatic rings. The molecule has 3 N–H and O–H groups in total. The molecule has 2 amide bonds. The molecule has 2 aromatic heterocycles. The minimum absolute atomic E-state index is 0.0834. The fraction of sp³-hybridized carbons (Fsp3) is 0.267. The third kappa shape index (κ3) is 4.61. The quantitative estimate of drug-likeness (QED) is 0.343. The van der Waals surface area contributed by atoms with Gasteiger partial charge in [-0.25, -0.2) is 14.3 Å². The van der Waals surface area contributed by atoms with Crippen LogP contribution in [0.4, 0.5) is 0 Å². The Bertz CT molecular complexity index is 1720. The molecule has 0 saturated carbocycles. The Morgan fingerprint density at radius 3 is 2.70 bits per heavy atom. The molecule has 0 fully saturated rings. The summed E-state index contributed by atoms with van der Waals surface area (Å²) in [6, 6.07) is 12.0. The molecule has 0 bridgehead atoms. The van der Waals surface area contributed by atoms with Gasteiger partial charge in [0, 0.05) is 31.5 Å². The van der Waals surface area contributed by atoms with Gasteiger partial charge in [0.05, 0.1) is 17.8 Å². The molecule has 2 aromatic carbocycles. The molecule has 6 rings (SSSR count). The van der Waals surface area contributed by atoms with E-state index in [9.17, 15) is 24.3 Å². The molecule has 0 saturated heterocycles. The summed E-state index contributed by atoms with van der Waals surface area (Å²) in [7, 11) is 0. The van der Waals surface area contributed by atoms with E-state index in [4.69, 9.17) is 0 Å². The van der Waals surface area contributed by atoms with E-state index < -0.39 is 17.8 Å². The van der Waals surface area contributed by atoms with Crippen LogP contribution in [0.5, 0.6) is 0 Å². The van der Waals surface area contributed by atoms with Gasteiger partial charge in [0.1, 0.15) is 17.2 Å². The standard InChI is InChI=1S/C30H27N5O5/c1-16-21-8-9-24(23(21)7-6-22(16)30(39)40)34-29(38)26-14-25(33-27-10-11-32-35(26)27)28(37)31-15-17-2-3-18-4-5-20(36)13-19(18)12-17/h2-3,6-7,10-12,14,24H,4-5,8-9,13,15H2,1H3,(H,31,37)(H,34,38)(H,39,40)/t24-/m0/s1. The zero-order valence-electron chi connectivity index (χ0n) is 21.9. The number of amides is 2. The Morgan fingerprint density at radius 1 is 1.02 bits per heavy atom. The molecule has 202 valence electrons. The first-order valence-electron chi connectivity index (χ1n) is 13.2. The number of ketones is 1. The largest absolute Gasteiger partial charge is 0.478 e. The van der Waals surface area contributed by atoms with Gasteiger partial charge in [0.25, 0.3) is 11.8 Å². The van der Waals surface area contributed by atoms with Crippen LogP contribution in [0, 0.1) is 6.92 Å². The molecule has 10 nitrogen and oxygen atoms in total. The number of hydrogen-bond donors (Lipinski definition) is 3. The first-order chi connectivity index (χ1) is 19.3. The Labute approximate surface area is 229 Å². The third-order valence-corrected chi connectivity index (χ3v) is 7.84. The van der Waals surface area contributed by atoms with Crippen LogP contribution in [0.1, 0.15) is 83.6 Å². The number of nitrogens with one attached hydrogen (secondary N) is 2. The molecule has 0 spiro atoms. The van der Waals surface area contributed by atoms with Crippen molar-refractivity contribution in [2.75, 3.05) is 0 Å². The number of carbonyl (C=O) groups excluding carboxylic acids is 3. The number of carboxylic acids is 1. The second-order valence-electron chi connectivity index (χ2n) is 10.3. The predicted molar refractivity (Wildman–Crippen MR) is 144 cm³/mol. The van der Waals surface area contributed by atoms with Gasteiger partial charge < -0.3 is 15.7 Å². The third-order valence-electron chi connectivity index (χ3n) is 7.84. The van der Waals surface area contributed by atoms with Crippen molar-refractivity contribution < 1.29 is 24.3 Å². The van der Waals surface area contributed by atoms with Crippen molar-refractivity contribution in [2.45, 2.75) is 51.6 Å². The van der Waals surface area contributed by atoms with Crippen LogP contribution in [0.3, 0.4) is 0 Å². The number of rotatable bonds is 6. The second kappa shape index (κ2) is 10.0. The molecule has 2 aliphatic rings. The Morgan fingerprint density at radius 2 is 1.88 bits per heavy atom. The van der Waals surface area contributed by atoms with Crippen molar-refractivity contribution in [3.63, 3.8) is 0 Å². The molecule has 0 aliphatic heterocycles. The number of aromatic nitrogens is 3. The van der Waals surface area contributed by atoms with Gasteiger partial charge in [-0.2, -0.15) is 5.10 Å². The van der Waals surface area contributed by atoms with E-state index in [1.54, 1.807) is 25.1 Å². The van der Waals surface area contributed by atoms with E-state index >= 15 is 0 Å². The van der Waals surface area contributed by atoms with Gasteiger partial charge in [-0.05, 0) is 65.6 Å². The molecule has 0 radical (unpaired) electrons. The number of Topliss-reactive ketones (excluding diaryl/α,β-unsaturated/α-hetero) is 1. The molecule has 10 heteroatoms. The van der Waals surface area contributed by atoms with E-state index in [2.05, 4.69) is 20.7 Å². The monoisotopic (exact) mass is 537 g/mol. The maximum atomic E-state index is 13.4. The summed E-state index contributed by atoms with van der Waals surface area (Å²) in [5, 5.41) is 19.5. The van der Waals surface area contributed by atoms with Crippen LogP contribution in [0.15, 0.2) is 48.7 Å². The summed E-state index contributed by atoms with van der Waals surface area (Å²) in [6.07, 6.45) is 4.54. The van der Waals surface area contributed by atoms with Crippen molar-refractivity contribution in [1.82, 2.24) is 25.2 Å². The summed E-state index contributed by atoms with van der Waals surface area (Å²) in [5.41, 5.74) is 6.47. The number of carboxylic acid groups (broad SMARTS) is 1. The number of benzene rings is 2. The van der Waals surface area contributed by atoms with Gasteiger partial charge in [-0.1, -0.05) is 24.3 Å². The fourth-order valence-corrected chi connectivity index (χ4v) is 5.73. The smallest absolute Gasteiger partial charge is 0.335 e. The highest BCUT2D eigenvalue weighted by molar-refractivity contribution is 5.98. The van der Waals surface area contributed by atoms with Crippen molar-refractivity contribution in [3.8, 4) is 0 Å². The molecule has 1 atom stereocenters. The van der Waals surface area contributed by atoms with Gasteiger partial charge in [-0.3, -0.25) is 14.4 Å². The first-order valence-corrected chi connectivity index (χ1v) is 13.2. The maximum Gasteiger partial charge on any atom is 0.335 e. The normalized spacial score (nSPS) is 15.9. The van der Waals surface area contributed by atoms with E-state index in [0.29, 0.717) is 36.9 Å². The molecule has 40 heavy (non-hydrogen) atoms. The predicted octanol–water partition coefficient (Wildman–Crippen LogP) is 3.14. The SMILES string of the molecule is Cc1c(C(=O)O)ccc2c1CC[C@@H]2NC(=O)c1cc(C(=O)NCc2ccc3c(c2)CC(=O)CC3)nc2ccnn12. The lowest BCUT2D eigenvalue weighted by molar-refractivity contribution is -0.118. The second-order valence-corrected chi connectivity index (χ2v) is 10.3. The lowest BCUT2D eigenvalue weighted by Gasteiger charge is -2.17. The van der Waals surface area contributed by atoms with Crippen molar-refractivity contribution in [3.05, 3.63) is 99.0 Å². The highest BCUT2D eigenvalue weighted by Crippen LogP contribution is 2.35. The van der Waals surface area contributed by atoms with Crippen LogP contribution in [-0.2, 0) is 30.6 Å². The highest BCUT2D eigenvalue weighted by Gasteiger charge is 2.29. The average Bonchev–Trinajstić information content (AvgIpc) is 3.58. The number of fused-ring (bicyclic) bond motifs is 3. The van der Waals surface area contributed by atoms with E-state index in [1.165, 1.54) is 22.3 Å². The molecule has 2 aliphatic carbocycles. The van der Waals surface area contributed by atoms with E-state index in [-0.39, 0.29) is 35.3 Å². The summed E-state index contributed by atoms with van der Waals surface area (Å²) >= 11 is 0. The molecule has 2 heterocycles. The fourth-order valence-electron chi connectivity index (χ4n) is 5.73. The first kappa shape index (κ1) is 25.4. The van der Waals surface area contributed by atoms with Gasteiger partial charge in [-0.15, -0.1) is 0 Å². The average molecular weight is 538 g/mol.